The van der Waals surface area contributed by atoms with Crippen LogP contribution >= 0.6 is 0 Å². The van der Waals surface area contributed by atoms with Gasteiger partial charge in [-0.15, -0.1) is 0 Å². The van der Waals surface area contributed by atoms with E-state index in [0.717, 1.165) is 28.7 Å². The molecule has 23 heavy (non-hydrogen) atoms. The molecule has 2 heterocycles. The van der Waals surface area contributed by atoms with Crippen LogP contribution in [0.25, 0.3) is 0 Å². The normalized spacial score (nSPS) is 14.7. The van der Waals surface area contributed by atoms with Crippen LogP contribution in [0, 0.1) is 5.82 Å². The van der Waals surface area contributed by atoms with Gasteiger partial charge in [-0.25, -0.2) is 9.18 Å². The highest BCUT2D eigenvalue weighted by atomic mass is 19.1. The van der Waals surface area contributed by atoms with E-state index in [1.54, 1.807) is 7.11 Å². The molecule has 0 spiro atoms. The average Bonchev–Trinajstić information content (AvgIpc) is 2.93. The number of carboxylic acids is 1. The Bertz CT molecular complexity index is 725. The summed E-state index contributed by atoms with van der Waals surface area (Å²) in [5.41, 5.74) is 1.53. The van der Waals surface area contributed by atoms with Crippen LogP contribution in [-0.4, -0.2) is 29.6 Å². The number of hydrogen-bond donors (Lipinski definition) is 1. The number of halogens is 1. The molecule has 0 aliphatic carbocycles. The highest BCUT2D eigenvalue weighted by Crippen LogP contribution is 2.25. The molecule has 1 N–H and O–H groups in total. The Hall–Kier alpha value is -2.18. The van der Waals surface area contributed by atoms with Gasteiger partial charge in [0, 0.05) is 20.2 Å². The van der Waals surface area contributed by atoms with Crippen LogP contribution in [0.3, 0.4) is 0 Å². The monoisotopic (exact) mass is 319 g/mol. The number of nitrogens with zero attached hydrogens (tertiary/aromatic N) is 1. The summed E-state index contributed by atoms with van der Waals surface area (Å²) in [7, 11) is 1.61. The number of benzene rings is 1. The minimum atomic E-state index is -1.08. The molecule has 3 rings (SSSR count). The molecule has 0 unspecified atom stereocenters. The molecule has 0 amide bonds. The first-order valence-electron chi connectivity index (χ1n) is 7.40. The van der Waals surface area contributed by atoms with Crippen LogP contribution in [-0.2, 0) is 30.9 Å². The summed E-state index contributed by atoms with van der Waals surface area (Å²) in [5, 5.41) is 9.21. The quantitative estimate of drug-likeness (QED) is 0.918. The Balaban J connectivity index is 1.76. The maximum Gasteiger partial charge on any atom is 0.336 e. The molecule has 0 saturated heterocycles. The Labute approximate surface area is 133 Å². The molecule has 1 aliphatic heterocycles. The first-order chi connectivity index (χ1) is 11.1. The van der Waals surface area contributed by atoms with E-state index >= 15 is 0 Å². The van der Waals surface area contributed by atoms with Gasteiger partial charge in [0.2, 0.25) is 0 Å². The molecular weight excluding hydrogens is 301 g/mol. The van der Waals surface area contributed by atoms with Gasteiger partial charge in [0.15, 0.2) is 0 Å². The minimum Gasteiger partial charge on any atom is -0.478 e. The van der Waals surface area contributed by atoms with Crippen molar-refractivity contribution >= 4 is 5.97 Å². The lowest BCUT2D eigenvalue weighted by molar-refractivity contribution is 0.0693. The van der Waals surface area contributed by atoms with Crippen molar-refractivity contribution in [3.63, 3.8) is 0 Å². The predicted molar refractivity (Wildman–Crippen MR) is 80.6 cm³/mol. The molecule has 0 bridgehead atoms. The lowest BCUT2D eigenvalue weighted by atomic mass is 9.94. The standard InChI is InChI=1S/C17H18FNO4/c1-22-10-14-3-2-13(23-14)9-19-5-4-15-11(8-19)6-12(18)7-16(15)17(20)21/h2-3,6-7H,4-5,8-10H2,1H3,(H,20,21). The van der Waals surface area contributed by atoms with E-state index in [-0.39, 0.29) is 5.56 Å². The van der Waals surface area contributed by atoms with Gasteiger partial charge < -0.3 is 14.3 Å². The molecule has 5 nitrogen and oxygen atoms in total. The van der Waals surface area contributed by atoms with E-state index < -0.39 is 11.8 Å². The van der Waals surface area contributed by atoms with Crippen molar-refractivity contribution in [2.75, 3.05) is 13.7 Å². The summed E-state index contributed by atoms with van der Waals surface area (Å²) in [6.45, 7) is 2.24. The lowest BCUT2D eigenvalue weighted by Crippen LogP contribution is -2.31. The Morgan fingerprint density at radius 2 is 2.17 bits per heavy atom. The summed E-state index contributed by atoms with van der Waals surface area (Å²) in [4.78, 5) is 13.4. The van der Waals surface area contributed by atoms with Crippen molar-refractivity contribution in [2.45, 2.75) is 26.1 Å². The molecule has 122 valence electrons. The van der Waals surface area contributed by atoms with Crippen molar-refractivity contribution in [3.8, 4) is 0 Å². The maximum absolute atomic E-state index is 13.6. The van der Waals surface area contributed by atoms with Crippen molar-refractivity contribution in [2.24, 2.45) is 0 Å². The first kappa shape index (κ1) is 15.7. The highest BCUT2D eigenvalue weighted by Gasteiger charge is 2.23. The number of ether oxygens (including phenoxy) is 1. The smallest absolute Gasteiger partial charge is 0.336 e. The van der Waals surface area contributed by atoms with E-state index in [1.807, 2.05) is 12.1 Å². The second-order valence-corrected chi connectivity index (χ2v) is 5.66. The molecule has 0 radical (unpaired) electrons. The lowest BCUT2D eigenvalue weighted by Gasteiger charge is -2.28. The number of rotatable bonds is 5. The van der Waals surface area contributed by atoms with E-state index in [4.69, 9.17) is 9.15 Å². The first-order valence-corrected chi connectivity index (χ1v) is 7.40. The number of carboxylic acid groups (broad SMARTS) is 1. The minimum absolute atomic E-state index is 0.0695. The fourth-order valence-electron chi connectivity index (χ4n) is 2.99. The van der Waals surface area contributed by atoms with Crippen LogP contribution in [0.5, 0.6) is 0 Å². The molecule has 6 heteroatoms. The second-order valence-electron chi connectivity index (χ2n) is 5.66. The van der Waals surface area contributed by atoms with Crippen molar-refractivity contribution in [1.82, 2.24) is 4.90 Å². The Kier molecular flexibility index (Phi) is 4.45. The molecular formula is C17H18FNO4. The molecule has 2 aromatic rings. The number of carbonyl (C=O) groups is 1. The van der Waals surface area contributed by atoms with E-state index in [9.17, 15) is 14.3 Å². The molecule has 0 atom stereocenters. The van der Waals surface area contributed by atoms with Gasteiger partial charge in [-0.3, -0.25) is 4.90 Å². The molecule has 0 fully saturated rings. The van der Waals surface area contributed by atoms with Gasteiger partial charge in [0.1, 0.15) is 23.9 Å². The fourth-order valence-corrected chi connectivity index (χ4v) is 2.99. The highest BCUT2D eigenvalue weighted by molar-refractivity contribution is 5.90. The number of furan rings is 1. The summed E-state index contributed by atoms with van der Waals surface area (Å²) >= 11 is 0. The molecule has 1 aromatic heterocycles. The van der Waals surface area contributed by atoms with Crippen LogP contribution in [0.2, 0.25) is 0 Å². The van der Waals surface area contributed by atoms with Crippen molar-refractivity contribution < 1.29 is 23.4 Å². The Morgan fingerprint density at radius 1 is 1.39 bits per heavy atom. The van der Waals surface area contributed by atoms with Gasteiger partial charge in [0.05, 0.1) is 12.1 Å². The third-order valence-corrected chi connectivity index (χ3v) is 3.99. The largest absolute Gasteiger partial charge is 0.478 e. The fraction of sp³-hybridized carbons (Fsp3) is 0.353. The summed E-state index contributed by atoms with van der Waals surface area (Å²) in [5.74, 6) is -0.0118. The third kappa shape index (κ3) is 3.43. The van der Waals surface area contributed by atoms with Gasteiger partial charge in [0.25, 0.3) is 0 Å². The van der Waals surface area contributed by atoms with Crippen molar-refractivity contribution in [1.29, 1.82) is 0 Å². The predicted octanol–water partition coefficient (Wildman–Crippen LogP) is 2.82. The number of methoxy groups -OCH3 is 1. The zero-order valence-electron chi connectivity index (χ0n) is 12.8. The topological polar surface area (TPSA) is 62.9 Å². The van der Waals surface area contributed by atoms with E-state index in [0.29, 0.717) is 32.7 Å². The number of hydrogen-bond acceptors (Lipinski definition) is 4. The zero-order chi connectivity index (χ0) is 16.4. The van der Waals surface area contributed by atoms with Crippen LogP contribution in [0.1, 0.15) is 33.0 Å². The SMILES string of the molecule is COCc1ccc(CN2CCc3c(cc(F)cc3C(=O)O)C2)o1. The number of aromatic carboxylic acids is 1. The van der Waals surface area contributed by atoms with Gasteiger partial charge in [-0.05, 0) is 41.8 Å². The second kappa shape index (κ2) is 6.52. The maximum atomic E-state index is 13.6. The zero-order valence-corrected chi connectivity index (χ0v) is 12.8. The summed E-state index contributed by atoms with van der Waals surface area (Å²) < 4.78 is 24.3. The molecule has 0 saturated carbocycles. The van der Waals surface area contributed by atoms with Crippen LogP contribution < -0.4 is 0 Å². The summed E-state index contributed by atoms with van der Waals surface area (Å²) in [6.07, 6.45) is 0.586. The Morgan fingerprint density at radius 3 is 2.91 bits per heavy atom. The number of fused-ring (bicyclic) bond motifs is 1. The van der Waals surface area contributed by atoms with Gasteiger partial charge in [-0.1, -0.05) is 0 Å². The van der Waals surface area contributed by atoms with Gasteiger partial charge in [-0.2, -0.15) is 0 Å². The van der Waals surface area contributed by atoms with Crippen molar-refractivity contribution in [3.05, 3.63) is 58.3 Å². The third-order valence-electron chi connectivity index (χ3n) is 3.99. The van der Waals surface area contributed by atoms with E-state index in [1.165, 1.54) is 6.07 Å². The van der Waals surface area contributed by atoms with Crippen LogP contribution in [0.4, 0.5) is 4.39 Å². The van der Waals surface area contributed by atoms with Gasteiger partial charge >= 0.3 is 5.97 Å². The van der Waals surface area contributed by atoms with Crippen LogP contribution in [0.15, 0.2) is 28.7 Å². The average molecular weight is 319 g/mol. The molecule has 1 aromatic carbocycles. The molecule has 1 aliphatic rings. The van der Waals surface area contributed by atoms with E-state index in [2.05, 4.69) is 4.90 Å². The summed E-state index contributed by atoms with van der Waals surface area (Å²) in [6, 6.07) is 6.30.